The summed E-state index contributed by atoms with van der Waals surface area (Å²) in [7, 11) is -1.57. The SMILES string of the molecule is CCC(C)NC(=O)CCNC(=O)c1ccc(Cl)c(S(=O)(=O)N(C)OC)c1. The van der Waals surface area contributed by atoms with Gasteiger partial charge in [-0.2, -0.15) is 0 Å². The van der Waals surface area contributed by atoms with Gasteiger partial charge in [0.25, 0.3) is 15.9 Å². The van der Waals surface area contributed by atoms with E-state index in [1.165, 1.54) is 32.4 Å². The normalized spacial score (nSPS) is 12.7. The molecule has 0 saturated heterocycles. The second-order valence-corrected chi connectivity index (χ2v) is 7.94. The summed E-state index contributed by atoms with van der Waals surface area (Å²) < 4.78 is 25.3. The Balaban J connectivity index is 2.80. The molecule has 1 unspecified atom stereocenters. The van der Waals surface area contributed by atoms with E-state index in [2.05, 4.69) is 10.6 Å². The summed E-state index contributed by atoms with van der Waals surface area (Å²) in [5.41, 5.74) is 0.111. The maximum absolute atomic E-state index is 12.3. The summed E-state index contributed by atoms with van der Waals surface area (Å²) in [5, 5.41) is 5.34. The molecule has 0 spiro atoms. The van der Waals surface area contributed by atoms with Crippen LogP contribution in [0.5, 0.6) is 0 Å². The van der Waals surface area contributed by atoms with Crippen LogP contribution < -0.4 is 10.6 Å². The van der Waals surface area contributed by atoms with E-state index in [9.17, 15) is 18.0 Å². The molecular weight excluding hydrogens is 382 g/mol. The highest BCUT2D eigenvalue weighted by Crippen LogP contribution is 2.25. The molecule has 10 heteroatoms. The number of halogens is 1. The zero-order valence-electron chi connectivity index (χ0n) is 15.2. The van der Waals surface area contributed by atoms with Crippen LogP contribution in [-0.2, 0) is 19.7 Å². The van der Waals surface area contributed by atoms with Crippen molar-refractivity contribution in [3.63, 3.8) is 0 Å². The molecule has 0 bridgehead atoms. The van der Waals surface area contributed by atoms with E-state index in [0.29, 0.717) is 4.47 Å². The van der Waals surface area contributed by atoms with Crippen LogP contribution >= 0.6 is 11.6 Å². The smallest absolute Gasteiger partial charge is 0.266 e. The number of hydroxylamine groups is 1. The second-order valence-electron chi connectivity index (χ2n) is 5.63. The van der Waals surface area contributed by atoms with Crippen molar-refractivity contribution in [2.45, 2.75) is 37.6 Å². The van der Waals surface area contributed by atoms with Gasteiger partial charge in [-0.15, -0.1) is 0 Å². The Bertz CT molecular complexity index is 754. The lowest BCUT2D eigenvalue weighted by molar-refractivity contribution is -0.121. The lowest BCUT2D eigenvalue weighted by Crippen LogP contribution is -2.35. The Labute approximate surface area is 158 Å². The van der Waals surface area contributed by atoms with Crippen molar-refractivity contribution in [2.75, 3.05) is 20.7 Å². The summed E-state index contributed by atoms with van der Waals surface area (Å²) in [4.78, 5) is 28.4. The summed E-state index contributed by atoms with van der Waals surface area (Å²) in [5.74, 6) is -0.671. The van der Waals surface area contributed by atoms with Crippen molar-refractivity contribution in [3.05, 3.63) is 28.8 Å². The zero-order valence-corrected chi connectivity index (χ0v) is 16.8. The van der Waals surface area contributed by atoms with Crippen molar-refractivity contribution < 1.29 is 22.8 Å². The highest BCUT2D eigenvalue weighted by molar-refractivity contribution is 7.89. The number of nitrogens with zero attached hydrogens (tertiary/aromatic N) is 1. The minimum atomic E-state index is -3.99. The van der Waals surface area contributed by atoms with Gasteiger partial charge in [0.1, 0.15) is 4.90 Å². The molecule has 0 aromatic heterocycles. The van der Waals surface area contributed by atoms with Gasteiger partial charge in [-0.1, -0.05) is 23.0 Å². The third-order valence-electron chi connectivity index (χ3n) is 3.72. The largest absolute Gasteiger partial charge is 0.354 e. The lowest BCUT2D eigenvalue weighted by Gasteiger charge is -2.16. The van der Waals surface area contributed by atoms with Crippen molar-refractivity contribution in [2.24, 2.45) is 0 Å². The fourth-order valence-electron chi connectivity index (χ4n) is 1.92. The molecule has 1 atom stereocenters. The van der Waals surface area contributed by atoms with E-state index < -0.39 is 15.9 Å². The molecule has 0 saturated carbocycles. The predicted molar refractivity (Wildman–Crippen MR) is 98.3 cm³/mol. The van der Waals surface area contributed by atoms with E-state index in [0.717, 1.165) is 6.42 Å². The summed E-state index contributed by atoms with van der Waals surface area (Å²) in [6, 6.07) is 3.97. The number of hydrogen-bond acceptors (Lipinski definition) is 5. The first-order chi connectivity index (χ1) is 12.1. The third-order valence-corrected chi connectivity index (χ3v) is 5.89. The van der Waals surface area contributed by atoms with Crippen LogP contribution in [0.2, 0.25) is 5.02 Å². The number of nitrogens with one attached hydrogen (secondary N) is 2. The van der Waals surface area contributed by atoms with Crippen LogP contribution in [0, 0.1) is 0 Å². The fraction of sp³-hybridized carbons (Fsp3) is 0.500. The van der Waals surface area contributed by atoms with E-state index in [1.807, 2.05) is 13.8 Å². The minimum absolute atomic E-state index is 0.0293. The topological polar surface area (TPSA) is 105 Å². The number of sulfonamides is 1. The minimum Gasteiger partial charge on any atom is -0.354 e. The molecule has 1 aromatic carbocycles. The summed E-state index contributed by atoms with van der Waals surface area (Å²) in [6.07, 6.45) is 0.942. The van der Waals surface area contributed by atoms with E-state index >= 15 is 0 Å². The van der Waals surface area contributed by atoms with Crippen molar-refractivity contribution in [1.29, 1.82) is 0 Å². The van der Waals surface area contributed by atoms with Crippen LogP contribution in [0.25, 0.3) is 0 Å². The maximum Gasteiger partial charge on any atom is 0.266 e. The van der Waals surface area contributed by atoms with Crippen LogP contribution in [0.15, 0.2) is 23.1 Å². The van der Waals surface area contributed by atoms with Crippen LogP contribution in [0.1, 0.15) is 37.0 Å². The summed E-state index contributed by atoms with van der Waals surface area (Å²) in [6.45, 7) is 3.98. The number of carbonyl (C=O) groups excluding carboxylic acids is 2. The maximum atomic E-state index is 12.3. The Morgan fingerprint density at radius 3 is 2.58 bits per heavy atom. The molecule has 0 radical (unpaired) electrons. The molecule has 2 amide bonds. The quantitative estimate of drug-likeness (QED) is 0.606. The predicted octanol–water partition coefficient (Wildman–Crippen LogP) is 1.56. The Kier molecular flexibility index (Phi) is 8.48. The number of amides is 2. The molecule has 0 heterocycles. The van der Waals surface area contributed by atoms with Crippen LogP contribution in [-0.4, -0.2) is 51.4 Å². The van der Waals surface area contributed by atoms with Crippen LogP contribution in [0.3, 0.4) is 0 Å². The number of rotatable bonds is 9. The average molecular weight is 406 g/mol. The van der Waals surface area contributed by atoms with Crippen LogP contribution in [0.4, 0.5) is 0 Å². The highest BCUT2D eigenvalue weighted by Gasteiger charge is 2.25. The highest BCUT2D eigenvalue weighted by atomic mass is 35.5. The standard InChI is InChI=1S/C16H24ClN3O5S/c1-5-11(2)19-15(21)8-9-18-16(22)12-6-7-13(17)14(10-12)26(23,24)20(3)25-4/h6-7,10-11H,5,8-9H2,1-4H3,(H,18,22)(H,19,21). The molecule has 0 fully saturated rings. The first kappa shape index (κ1) is 22.4. The first-order valence-corrected chi connectivity index (χ1v) is 9.85. The number of hydrogen-bond donors (Lipinski definition) is 2. The third kappa shape index (κ3) is 5.94. The van der Waals surface area contributed by atoms with Gasteiger partial charge in [0.2, 0.25) is 5.91 Å². The van der Waals surface area contributed by atoms with Gasteiger partial charge in [-0.05, 0) is 31.5 Å². The molecule has 2 N–H and O–H groups in total. The monoisotopic (exact) mass is 405 g/mol. The van der Waals surface area contributed by atoms with Crippen molar-refractivity contribution in [1.82, 2.24) is 15.1 Å². The Hall–Kier alpha value is -1.68. The van der Waals surface area contributed by atoms with Gasteiger partial charge < -0.3 is 10.6 Å². The lowest BCUT2D eigenvalue weighted by atomic mass is 10.2. The Morgan fingerprint density at radius 2 is 2.00 bits per heavy atom. The molecular formula is C16H24ClN3O5S. The second kappa shape index (κ2) is 9.86. The molecule has 0 aliphatic heterocycles. The molecule has 26 heavy (non-hydrogen) atoms. The first-order valence-electron chi connectivity index (χ1n) is 8.03. The van der Waals surface area contributed by atoms with Gasteiger partial charge in [0, 0.05) is 31.6 Å². The van der Waals surface area contributed by atoms with E-state index in [1.54, 1.807) is 0 Å². The molecule has 146 valence electrons. The zero-order chi connectivity index (χ0) is 19.9. The van der Waals surface area contributed by atoms with Gasteiger partial charge in [0.05, 0.1) is 12.1 Å². The van der Waals surface area contributed by atoms with Crippen molar-refractivity contribution >= 4 is 33.4 Å². The molecule has 1 aromatic rings. The molecule has 0 aliphatic carbocycles. The van der Waals surface area contributed by atoms with Gasteiger partial charge in [0.15, 0.2) is 0 Å². The summed E-state index contributed by atoms with van der Waals surface area (Å²) >= 11 is 5.95. The number of benzene rings is 1. The fourth-order valence-corrected chi connectivity index (χ4v) is 3.39. The Morgan fingerprint density at radius 1 is 1.35 bits per heavy atom. The average Bonchev–Trinajstić information content (AvgIpc) is 2.60. The van der Waals surface area contributed by atoms with E-state index in [4.69, 9.17) is 16.4 Å². The molecule has 1 rings (SSSR count). The van der Waals surface area contributed by atoms with E-state index in [-0.39, 0.29) is 40.4 Å². The van der Waals surface area contributed by atoms with Gasteiger partial charge in [-0.25, -0.2) is 8.42 Å². The molecule has 8 nitrogen and oxygen atoms in total. The van der Waals surface area contributed by atoms with Gasteiger partial charge >= 0.3 is 0 Å². The molecule has 0 aliphatic rings. The number of carbonyl (C=O) groups is 2. The van der Waals surface area contributed by atoms with Gasteiger partial charge in [-0.3, -0.25) is 14.4 Å². The van der Waals surface area contributed by atoms with Crippen molar-refractivity contribution in [3.8, 4) is 0 Å².